The molecule has 2 aliphatic carbocycles. The Hall–Kier alpha value is -5.46. The standard InChI is InChI=1S/C41H55FN8O9S/c1-4-26-23-41(26)38(53)48-60(56,57)34-21-27(42)18-19-31(34)43-20-11-7-5-6-8-16-32(46-40(55)58-29-14-9-10-15-29)37(52)50-25-30(22-33(50)36(51)47-41)59-39(54)44-24-28-13-12-17-35(45-28)49(2)3/h4,12-13,17-19,21,26,29-30,32-33,43H,1,5-11,14-16,20,22-25H2,2-3H3,(H,44,54)(H,46,55)(H,47,51)(H,48,53)/t26-,30-,32+,33+,41-/m1/s1. The van der Waals surface area contributed by atoms with Gasteiger partial charge in [0.05, 0.1) is 24.5 Å². The van der Waals surface area contributed by atoms with Crippen LogP contribution >= 0.6 is 0 Å². The number of halogens is 1. The fourth-order valence-electron chi connectivity index (χ4n) is 8.03. The summed E-state index contributed by atoms with van der Waals surface area (Å²) in [6.07, 6.45) is 5.28. The molecule has 60 heavy (non-hydrogen) atoms. The van der Waals surface area contributed by atoms with Gasteiger partial charge in [-0.05, 0) is 75.3 Å². The van der Waals surface area contributed by atoms with Crippen molar-refractivity contribution in [3.8, 4) is 0 Å². The zero-order chi connectivity index (χ0) is 43.0. The third kappa shape index (κ3) is 10.8. The molecule has 2 saturated carbocycles. The number of ether oxygens (including phenoxy) is 2. The molecule has 1 saturated heterocycles. The molecule has 5 N–H and O–H groups in total. The molecule has 0 radical (unpaired) electrons. The molecule has 0 bridgehead atoms. The Bertz CT molecular complexity index is 2050. The van der Waals surface area contributed by atoms with Crippen LogP contribution in [-0.2, 0) is 40.4 Å². The van der Waals surface area contributed by atoms with Crippen molar-refractivity contribution in [1.82, 2.24) is 30.6 Å². The van der Waals surface area contributed by atoms with Gasteiger partial charge in [0.2, 0.25) is 11.8 Å². The van der Waals surface area contributed by atoms with Crippen LogP contribution in [0.1, 0.15) is 82.7 Å². The highest BCUT2D eigenvalue weighted by Gasteiger charge is 2.61. The molecule has 6 rings (SSSR count). The van der Waals surface area contributed by atoms with Crippen LogP contribution in [0.4, 0.5) is 25.5 Å². The first kappa shape index (κ1) is 44.1. The quantitative estimate of drug-likeness (QED) is 0.251. The molecule has 2 aliphatic heterocycles. The number of hydrogen-bond donors (Lipinski definition) is 5. The number of benzene rings is 1. The molecule has 5 amide bonds. The van der Waals surface area contributed by atoms with Crippen molar-refractivity contribution < 1.29 is 46.3 Å². The Morgan fingerprint density at radius 2 is 1.72 bits per heavy atom. The van der Waals surface area contributed by atoms with E-state index < -0.39 is 80.3 Å². The number of fused-ring (bicyclic) bond motifs is 2. The van der Waals surface area contributed by atoms with E-state index in [0.717, 1.165) is 50.7 Å². The predicted molar refractivity (Wildman–Crippen MR) is 219 cm³/mol. The molecule has 1 aromatic carbocycles. The number of rotatable bonds is 7. The number of carbonyl (C=O) groups excluding carboxylic acids is 5. The fourth-order valence-corrected chi connectivity index (χ4v) is 9.27. The maximum Gasteiger partial charge on any atom is 0.408 e. The van der Waals surface area contributed by atoms with Gasteiger partial charge in [-0.1, -0.05) is 37.8 Å². The van der Waals surface area contributed by atoms with Gasteiger partial charge < -0.3 is 40.5 Å². The summed E-state index contributed by atoms with van der Waals surface area (Å²) in [6.45, 7) is 3.92. The van der Waals surface area contributed by atoms with E-state index in [4.69, 9.17) is 9.47 Å². The summed E-state index contributed by atoms with van der Waals surface area (Å²) in [5.74, 6) is -3.33. The lowest BCUT2D eigenvalue weighted by Gasteiger charge is -2.30. The highest BCUT2D eigenvalue weighted by molar-refractivity contribution is 7.90. The summed E-state index contributed by atoms with van der Waals surface area (Å²) < 4.78 is 55.2. The molecule has 1 aromatic heterocycles. The van der Waals surface area contributed by atoms with Gasteiger partial charge in [0.1, 0.15) is 46.4 Å². The van der Waals surface area contributed by atoms with Gasteiger partial charge in [0.15, 0.2) is 0 Å². The second kappa shape index (κ2) is 19.3. The second-order valence-electron chi connectivity index (χ2n) is 16.1. The summed E-state index contributed by atoms with van der Waals surface area (Å²) in [4.78, 5) is 76.2. The summed E-state index contributed by atoms with van der Waals surface area (Å²) in [6, 6.07) is 6.17. The number of pyridine rings is 1. The molecule has 326 valence electrons. The molecule has 0 unspecified atom stereocenters. The predicted octanol–water partition coefficient (Wildman–Crippen LogP) is 3.85. The molecule has 19 heteroatoms. The van der Waals surface area contributed by atoms with E-state index in [1.165, 1.54) is 17.0 Å². The van der Waals surface area contributed by atoms with E-state index in [1.54, 1.807) is 12.1 Å². The first-order chi connectivity index (χ1) is 28.7. The van der Waals surface area contributed by atoms with Crippen LogP contribution in [0.5, 0.6) is 0 Å². The maximum absolute atomic E-state index is 14.5. The minimum absolute atomic E-state index is 0.0128. The minimum atomic E-state index is -4.67. The van der Waals surface area contributed by atoms with Gasteiger partial charge in [0.25, 0.3) is 15.9 Å². The third-order valence-corrected chi connectivity index (χ3v) is 12.8. The van der Waals surface area contributed by atoms with Gasteiger partial charge in [-0.2, -0.15) is 0 Å². The smallest absolute Gasteiger partial charge is 0.408 e. The second-order valence-corrected chi connectivity index (χ2v) is 17.7. The molecule has 4 aliphatic rings. The van der Waals surface area contributed by atoms with E-state index >= 15 is 0 Å². The average Bonchev–Trinajstić information content (AvgIpc) is 3.46. The zero-order valence-electron chi connectivity index (χ0n) is 34.0. The number of nitrogens with one attached hydrogen (secondary N) is 5. The fraction of sp³-hybridized carbons (Fsp3) is 0.561. The first-order valence-electron chi connectivity index (χ1n) is 20.6. The lowest BCUT2D eigenvalue weighted by Crippen LogP contribution is -2.58. The molecular weight excluding hydrogens is 800 g/mol. The Kier molecular flexibility index (Phi) is 14.2. The molecule has 3 heterocycles. The lowest BCUT2D eigenvalue weighted by molar-refractivity contribution is -0.141. The van der Waals surface area contributed by atoms with Gasteiger partial charge in [-0.25, -0.2) is 32.1 Å². The Balaban J connectivity index is 1.26. The van der Waals surface area contributed by atoms with Crippen LogP contribution in [-0.4, -0.2) is 105 Å². The Morgan fingerprint density at radius 1 is 1.00 bits per heavy atom. The van der Waals surface area contributed by atoms with Crippen LogP contribution in [0.15, 0.2) is 53.9 Å². The van der Waals surface area contributed by atoms with Crippen molar-refractivity contribution in [2.24, 2.45) is 5.92 Å². The number of nitrogens with zero attached hydrogens (tertiary/aromatic N) is 3. The lowest BCUT2D eigenvalue weighted by atomic mass is 10.0. The Morgan fingerprint density at radius 3 is 2.45 bits per heavy atom. The van der Waals surface area contributed by atoms with Gasteiger partial charge in [-0.3, -0.25) is 14.4 Å². The first-order valence-corrected chi connectivity index (χ1v) is 22.1. The zero-order valence-corrected chi connectivity index (χ0v) is 34.9. The number of sulfonamides is 1. The largest absolute Gasteiger partial charge is 0.446 e. The average molecular weight is 855 g/mol. The van der Waals surface area contributed by atoms with Crippen molar-refractivity contribution in [3.05, 3.63) is 60.6 Å². The molecular formula is C41H55FN8O9S. The molecule has 5 atom stereocenters. The van der Waals surface area contributed by atoms with E-state index in [2.05, 4.69) is 32.8 Å². The van der Waals surface area contributed by atoms with Gasteiger partial charge in [-0.15, -0.1) is 6.58 Å². The maximum atomic E-state index is 14.5. The number of anilines is 2. The summed E-state index contributed by atoms with van der Waals surface area (Å²) >= 11 is 0. The highest BCUT2D eigenvalue weighted by atomic mass is 32.2. The van der Waals surface area contributed by atoms with Crippen LogP contribution in [0.3, 0.4) is 0 Å². The minimum Gasteiger partial charge on any atom is -0.446 e. The van der Waals surface area contributed by atoms with E-state index in [9.17, 15) is 36.8 Å². The molecule has 17 nitrogen and oxygen atoms in total. The van der Waals surface area contributed by atoms with E-state index in [0.29, 0.717) is 37.3 Å². The van der Waals surface area contributed by atoms with Crippen molar-refractivity contribution in [2.45, 2.75) is 118 Å². The summed E-state index contributed by atoms with van der Waals surface area (Å²) in [7, 11) is -0.993. The van der Waals surface area contributed by atoms with Crippen LogP contribution in [0.25, 0.3) is 0 Å². The number of hydrogen-bond acceptors (Lipinski definition) is 12. The summed E-state index contributed by atoms with van der Waals surface area (Å²) in [5.41, 5.74) is -1.11. The molecule has 1 spiro atoms. The monoisotopic (exact) mass is 854 g/mol. The van der Waals surface area contributed by atoms with Gasteiger partial charge >= 0.3 is 12.2 Å². The van der Waals surface area contributed by atoms with Crippen molar-refractivity contribution >= 4 is 51.4 Å². The number of carbonyl (C=O) groups is 5. The topological polar surface area (TPSA) is 217 Å². The third-order valence-electron chi connectivity index (χ3n) is 11.4. The SMILES string of the molecule is C=C[C@@H]1C[C@@]12NC(=O)[C@@H]1C[C@@H](OC(=O)NCc3cccc(N(C)C)n3)CN1C(=O)[C@@H](NC(=O)OC1CCCC1)CCCCCCCNc1ccc(F)cc1S(=O)(=O)NC2=O. The van der Waals surface area contributed by atoms with Crippen LogP contribution < -0.4 is 30.9 Å². The number of amides is 5. The number of alkyl carbamates (subject to hydrolysis) is 2. The van der Waals surface area contributed by atoms with Gasteiger partial charge in [0, 0.05) is 33.0 Å². The highest BCUT2D eigenvalue weighted by Crippen LogP contribution is 2.45. The van der Waals surface area contributed by atoms with Crippen LogP contribution in [0.2, 0.25) is 0 Å². The van der Waals surface area contributed by atoms with E-state index in [1.807, 2.05) is 29.8 Å². The van der Waals surface area contributed by atoms with Crippen molar-refractivity contribution in [2.75, 3.05) is 37.4 Å². The molecule has 2 aromatic rings. The molecule has 3 fully saturated rings. The Labute approximate surface area is 349 Å². The van der Waals surface area contributed by atoms with Crippen molar-refractivity contribution in [1.29, 1.82) is 0 Å². The normalized spacial score (nSPS) is 26.3. The summed E-state index contributed by atoms with van der Waals surface area (Å²) in [5, 5.41) is 11.1. The van der Waals surface area contributed by atoms with Crippen molar-refractivity contribution in [3.63, 3.8) is 0 Å². The number of aromatic nitrogens is 1. The van der Waals surface area contributed by atoms with Crippen LogP contribution in [0, 0.1) is 11.7 Å². The van der Waals surface area contributed by atoms with E-state index in [-0.39, 0.29) is 44.1 Å².